The van der Waals surface area contributed by atoms with Crippen LogP contribution < -0.4 is 14.7 Å². The Morgan fingerprint density at radius 3 is 2.09 bits per heavy atom. The maximum atomic E-state index is 15.1. The van der Waals surface area contributed by atoms with Crippen molar-refractivity contribution in [2.75, 3.05) is 47.5 Å². The zero-order valence-corrected chi connectivity index (χ0v) is 29.1. The highest BCUT2D eigenvalue weighted by molar-refractivity contribution is 8.02. The fraction of sp³-hybridized carbons (Fsp3) is 0.500. The van der Waals surface area contributed by atoms with E-state index in [1.165, 1.54) is 0 Å². The number of para-hydroxylation sites is 1. The van der Waals surface area contributed by atoms with E-state index >= 15 is 4.79 Å². The van der Waals surface area contributed by atoms with Crippen molar-refractivity contribution in [3.8, 4) is 0 Å². The SMILES string of the molecule is C=CCN(C(=O)C1N([C@@H](CO)[C@@H](C)CC)C(=O)[C@@H]2[C@H](C(=O)N(CC=C)c3ccccc3)[C@@H]3CCC12S3)c1ccc(N(CC)CC)cc1. The van der Waals surface area contributed by atoms with Crippen molar-refractivity contribution in [3.63, 3.8) is 0 Å². The second-order valence-corrected chi connectivity index (χ2v) is 14.5. The summed E-state index contributed by atoms with van der Waals surface area (Å²) >= 11 is 1.65. The summed E-state index contributed by atoms with van der Waals surface area (Å²) in [6, 6.07) is 16.1. The predicted molar refractivity (Wildman–Crippen MR) is 193 cm³/mol. The molecule has 3 fully saturated rings. The van der Waals surface area contributed by atoms with Gasteiger partial charge in [-0.05, 0) is 69.0 Å². The maximum absolute atomic E-state index is 15.1. The van der Waals surface area contributed by atoms with Gasteiger partial charge in [0.05, 0.1) is 29.2 Å². The number of hydrogen-bond acceptors (Lipinski definition) is 6. The monoisotopic (exact) mass is 658 g/mol. The van der Waals surface area contributed by atoms with E-state index in [0.717, 1.165) is 43.0 Å². The van der Waals surface area contributed by atoms with Crippen LogP contribution in [0.25, 0.3) is 0 Å². The van der Waals surface area contributed by atoms with Crippen molar-refractivity contribution in [1.29, 1.82) is 0 Å². The average molecular weight is 659 g/mol. The number of carbonyl (C=O) groups is 3. The molecular formula is C38H50N4O4S. The molecule has 2 bridgehead atoms. The average Bonchev–Trinajstić information content (AvgIpc) is 3.74. The Bertz CT molecular complexity index is 1450. The fourth-order valence-corrected chi connectivity index (χ4v) is 10.3. The standard InChI is InChI=1S/C38H50N4O4S/c1-7-23-40(28-15-13-12-14-16-28)35(44)32-31-21-22-38(47-31)33(32)36(45)42(30(25-43)26(6)9-3)34(38)37(46)41(24-8-2)29-19-17-27(18-20-29)39(10-4)11-5/h7-8,12-20,26,30-34,43H,1-2,9-11,21-25H2,3-6H3/t26-,30-,31-,32+,33-,34?,38?/m0/s1. The Morgan fingerprint density at radius 1 is 0.957 bits per heavy atom. The van der Waals surface area contributed by atoms with Gasteiger partial charge in [-0.2, -0.15) is 0 Å². The van der Waals surface area contributed by atoms with Gasteiger partial charge in [-0.1, -0.05) is 50.6 Å². The maximum Gasteiger partial charge on any atom is 0.251 e. The minimum Gasteiger partial charge on any atom is -0.394 e. The van der Waals surface area contributed by atoms with E-state index in [4.69, 9.17) is 0 Å². The van der Waals surface area contributed by atoms with Crippen molar-refractivity contribution in [3.05, 3.63) is 79.9 Å². The van der Waals surface area contributed by atoms with Crippen molar-refractivity contribution in [2.45, 2.75) is 69.0 Å². The molecule has 0 saturated carbocycles. The molecule has 1 spiro atoms. The fourth-order valence-electron chi connectivity index (χ4n) is 8.09. The summed E-state index contributed by atoms with van der Waals surface area (Å²) in [6.07, 6.45) is 5.55. The first-order chi connectivity index (χ1) is 22.7. The highest BCUT2D eigenvalue weighted by Gasteiger charge is 2.75. The number of anilines is 3. The first-order valence-corrected chi connectivity index (χ1v) is 18.0. The lowest BCUT2D eigenvalue weighted by atomic mass is 9.70. The van der Waals surface area contributed by atoms with E-state index in [9.17, 15) is 14.7 Å². The summed E-state index contributed by atoms with van der Waals surface area (Å²) < 4.78 is -0.781. The molecule has 1 N–H and O–H groups in total. The molecule has 3 aliphatic heterocycles. The van der Waals surface area contributed by atoms with Crippen LogP contribution in [0.4, 0.5) is 17.1 Å². The number of thioether (sulfide) groups is 1. The molecule has 5 rings (SSSR count). The first kappa shape index (κ1) is 34.8. The smallest absolute Gasteiger partial charge is 0.251 e. The lowest BCUT2D eigenvalue weighted by Crippen LogP contribution is -2.58. The van der Waals surface area contributed by atoms with Crippen molar-refractivity contribution in [2.24, 2.45) is 17.8 Å². The first-order valence-electron chi connectivity index (χ1n) is 17.1. The number of nitrogens with zero attached hydrogens (tertiary/aromatic N) is 4. The Hall–Kier alpha value is -3.56. The molecule has 0 aromatic heterocycles. The number of fused-ring (bicyclic) bond motifs is 1. The predicted octanol–water partition coefficient (Wildman–Crippen LogP) is 5.77. The molecule has 7 atom stereocenters. The molecule has 0 aliphatic carbocycles. The summed E-state index contributed by atoms with van der Waals surface area (Å²) in [4.78, 5) is 51.9. The summed E-state index contributed by atoms with van der Waals surface area (Å²) in [7, 11) is 0. The Morgan fingerprint density at radius 2 is 1.53 bits per heavy atom. The van der Waals surface area contributed by atoms with Gasteiger partial charge >= 0.3 is 0 Å². The lowest BCUT2D eigenvalue weighted by molar-refractivity contribution is -0.143. The molecule has 0 radical (unpaired) electrons. The summed E-state index contributed by atoms with van der Waals surface area (Å²) in [5.74, 6) is -1.80. The quantitative estimate of drug-likeness (QED) is 0.245. The van der Waals surface area contributed by atoms with Crippen LogP contribution in [0, 0.1) is 17.8 Å². The van der Waals surface area contributed by atoms with Crippen LogP contribution in [0.15, 0.2) is 79.9 Å². The minimum absolute atomic E-state index is 0.0476. The van der Waals surface area contributed by atoms with Crippen LogP contribution in [-0.2, 0) is 14.4 Å². The van der Waals surface area contributed by atoms with Gasteiger partial charge in [-0.3, -0.25) is 14.4 Å². The molecule has 2 unspecified atom stereocenters. The lowest BCUT2D eigenvalue weighted by Gasteiger charge is -2.41. The third-order valence-corrected chi connectivity index (χ3v) is 12.6. The largest absolute Gasteiger partial charge is 0.394 e. The number of amides is 3. The minimum atomic E-state index is -0.828. The number of rotatable bonds is 15. The Labute approximate surface area is 284 Å². The third kappa shape index (κ3) is 6.01. The zero-order valence-electron chi connectivity index (χ0n) is 28.3. The summed E-state index contributed by atoms with van der Waals surface area (Å²) in [5, 5.41) is 10.7. The van der Waals surface area contributed by atoms with Crippen LogP contribution in [-0.4, -0.2) is 82.6 Å². The number of aliphatic hydroxyl groups excluding tert-OH is 1. The number of aliphatic hydroxyl groups is 1. The molecule has 2 aromatic rings. The van der Waals surface area contributed by atoms with Crippen molar-refractivity contribution >= 4 is 46.5 Å². The second-order valence-electron chi connectivity index (χ2n) is 12.9. The van der Waals surface area contributed by atoms with E-state index in [-0.39, 0.29) is 42.0 Å². The Balaban J connectivity index is 1.59. The molecule has 9 heteroatoms. The molecule has 3 saturated heterocycles. The molecule has 3 aliphatic rings. The van der Waals surface area contributed by atoms with Crippen molar-refractivity contribution < 1.29 is 19.5 Å². The van der Waals surface area contributed by atoms with Crippen LogP contribution in [0.5, 0.6) is 0 Å². The van der Waals surface area contributed by atoms with Gasteiger partial charge < -0.3 is 24.7 Å². The van der Waals surface area contributed by atoms with E-state index in [0.29, 0.717) is 13.0 Å². The van der Waals surface area contributed by atoms with Gasteiger partial charge in [0.2, 0.25) is 11.8 Å². The highest BCUT2D eigenvalue weighted by atomic mass is 32.2. The molecule has 47 heavy (non-hydrogen) atoms. The second kappa shape index (κ2) is 14.7. The zero-order chi connectivity index (χ0) is 33.9. The molecular weight excluding hydrogens is 609 g/mol. The van der Waals surface area contributed by atoms with Crippen LogP contribution in [0.3, 0.4) is 0 Å². The van der Waals surface area contributed by atoms with Crippen LogP contribution >= 0.6 is 11.8 Å². The Kier molecular flexibility index (Phi) is 10.9. The van der Waals surface area contributed by atoms with Crippen LogP contribution in [0.2, 0.25) is 0 Å². The molecule has 252 valence electrons. The number of likely N-dealkylation sites (tertiary alicyclic amines) is 1. The molecule has 8 nitrogen and oxygen atoms in total. The number of carbonyl (C=O) groups excluding carboxylic acids is 3. The normalized spacial score (nSPS) is 25.6. The van der Waals surface area contributed by atoms with Gasteiger partial charge in [-0.15, -0.1) is 24.9 Å². The van der Waals surface area contributed by atoms with Crippen molar-refractivity contribution in [1.82, 2.24) is 4.90 Å². The number of hydrogen-bond donors (Lipinski definition) is 1. The highest BCUT2D eigenvalue weighted by Crippen LogP contribution is 2.67. The van der Waals surface area contributed by atoms with Gasteiger partial charge in [0, 0.05) is 48.5 Å². The third-order valence-electron chi connectivity index (χ3n) is 10.6. The molecule has 3 heterocycles. The topological polar surface area (TPSA) is 84.4 Å². The molecule has 2 aromatic carbocycles. The van der Waals surface area contributed by atoms with E-state index in [1.807, 2.05) is 68.4 Å². The summed E-state index contributed by atoms with van der Waals surface area (Å²) in [5.41, 5.74) is 2.56. The van der Waals surface area contributed by atoms with E-state index in [2.05, 4.69) is 31.9 Å². The molecule has 3 amide bonds. The van der Waals surface area contributed by atoms with Gasteiger partial charge in [0.25, 0.3) is 5.91 Å². The van der Waals surface area contributed by atoms with Gasteiger partial charge in [0.15, 0.2) is 0 Å². The summed E-state index contributed by atoms with van der Waals surface area (Å²) in [6.45, 7) is 18.2. The van der Waals surface area contributed by atoms with E-state index < -0.39 is 28.7 Å². The number of benzene rings is 2. The van der Waals surface area contributed by atoms with E-state index in [1.54, 1.807) is 38.6 Å². The van der Waals surface area contributed by atoms with Gasteiger partial charge in [0.1, 0.15) is 6.04 Å². The van der Waals surface area contributed by atoms with Crippen LogP contribution in [0.1, 0.15) is 47.0 Å². The van der Waals surface area contributed by atoms with Gasteiger partial charge in [-0.25, -0.2) is 0 Å².